The van der Waals surface area contributed by atoms with Crippen molar-refractivity contribution in [2.24, 2.45) is 10.9 Å². The van der Waals surface area contributed by atoms with E-state index >= 15 is 4.39 Å². The van der Waals surface area contributed by atoms with Crippen LogP contribution >= 0.6 is 8.25 Å². The number of carbonyl (C=O) groups excluding carboxylic acids is 1. The van der Waals surface area contributed by atoms with E-state index in [9.17, 15) is 14.3 Å². The van der Waals surface area contributed by atoms with Crippen LogP contribution < -0.4 is 20.1 Å². The number of anilines is 1. The maximum Gasteiger partial charge on any atom is 0.695 e. The monoisotopic (exact) mass is 807 g/mol. The van der Waals surface area contributed by atoms with Crippen LogP contribution in [0, 0.1) is 5.92 Å². The van der Waals surface area contributed by atoms with Crippen molar-refractivity contribution in [3.05, 3.63) is 108 Å². The first-order valence-electron chi connectivity index (χ1n) is 19.0. The number of carbonyl (C=O) groups is 1. The number of hydrogen-bond acceptors (Lipinski definition) is 11. The normalized spacial score (nSPS) is 20.3. The molecule has 4 aromatic rings. The number of amides is 1. The fourth-order valence-electron chi connectivity index (χ4n) is 6.72. The predicted molar refractivity (Wildman–Crippen MR) is 215 cm³/mol. The SMILES string of the molecule is CCN(CC)CC.COc1ccc(C(OC[C@H]2O[C@@H](n3cnc4c3NC(NC(=O)C(C)C)N=C4)[C@H](O[P+](=O)O)[C@@H]2F)(c2ccccc2)c2ccc(OC)cc2)cc1. The van der Waals surface area contributed by atoms with Crippen LogP contribution in [0.15, 0.2) is 90.2 Å². The van der Waals surface area contributed by atoms with E-state index in [1.165, 1.54) is 36.7 Å². The Bertz CT molecular complexity index is 1870. The number of halogens is 1. The molecule has 0 spiro atoms. The highest BCUT2D eigenvalue weighted by atomic mass is 31.1. The summed E-state index contributed by atoms with van der Waals surface area (Å²) in [5.41, 5.74) is 1.34. The molecule has 6 rings (SSSR count). The van der Waals surface area contributed by atoms with E-state index in [0.717, 1.165) is 16.7 Å². The number of benzene rings is 3. The van der Waals surface area contributed by atoms with Crippen LogP contribution in [-0.4, -0.2) is 96.6 Å². The first-order chi connectivity index (χ1) is 27.5. The fourth-order valence-corrected chi connectivity index (χ4v) is 7.15. The van der Waals surface area contributed by atoms with Gasteiger partial charge in [-0.1, -0.05) is 89.2 Å². The number of aromatic nitrogens is 2. The van der Waals surface area contributed by atoms with Gasteiger partial charge in [0, 0.05) is 10.5 Å². The van der Waals surface area contributed by atoms with Gasteiger partial charge in [0.2, 0.25) is 5.91 Å². The van der Waals surface area contributed by atoms with E-state index in [2.05, 4.69) is 46.3 Å². The lowest BCUT2D eigenvalue weighted by Gasteiger charge is -2.37. The molecule has 1 saturated heterocycles. The molecule has 57 heavy (non-hydrogen) atoms. The van der Waals surface area contributed by atoms with Crippen LogP contribution in [0.25, 0.3) is 0 Å². The highest BCUT2D eigenvalue weighted by molar-refractivity contribution is 7.32. The topological polar surface area (TPSA) is 158 Å². The average Bonchev–Trinajstić information content (AvgIpc) is 3.78. The van der Waals surface area contributed by atoms with Crippen LogP contribution in [0.5, 0.6) is 11.5 Å². The van der Waals surface area contributed by atoms with Gasteiger partial charge >= 0.3 is 8.25 Å². The molecule has 1 amide bonds. The Morgan fingerprint density at radius 3 is 2.02 bits per heavy atom. The van der Waals surface area contributed by atoms with Crippen molar-refractivity contribution in [2.75, 3.05) is 45.8 Å². The van der Waals surface area contributed by atoms with Crippen molar-refractivity contribution in [2.45, 2.75) is 71.1 Å². The minimum Gasteiger partial charge on any atom is -0.497 e. The summed E-state index contributed by atoms with van der Waals surface area (Å²) in [6.45, 7) is 13.3. The largest absolute Gasteiger partial charge is 0.695 e. The number of hydrogen-bond donors (Lipinski definition) is 3. The van der Waals surface area contributed by atoms with Gasteiger partial charge in [0.25, 0.3) is 0 Å². The highest BCUT2D eigenvalue weighted by Gasteiger charge is 2.53. The number of imidazole rings is 1. The second-order valence-electron chi connectivity index (χ2n) is 13.6. The Labute approximate surface area is 334 Å². The molecule has 0 aliphatic carbocycles. The van der Waals surface area contributed by atoms with Gasteiger partial charge < -0.3 is 34.5 Å². The van der Waals surface area contributed by atoms with Gasteiger partial charge in [0.15, 0.2) is 24.8 Å². The molecule has 0 radical (unpaired) electrons. The Kier molecular flexibility index (Phi) is 15.3. The van der Waals surface area contributed by atoms with Gasteiger partial charge in [-0.25, -0.2) is 14.4 Å². The van der Waals surface area contributed by atoms with Gasteiger partial charge in [-0.2, -0.15) is 0 Å². The molecule has 3 aromatic carbocycles. The quantitative estimate of drug-likeness (QED) is 0.0847. The molecule has 1 aromatic heterocycles. The molecule has 2 aliphatic rings. The zero-order chi connectivity index (χ0) is 41.1. The fraction of sp³-hybridized carbons (Fsp3) is 0.439. The van der Waals surface area contributed by atoms with Crippen molar-refractivity contribution >= 4 is 26.2 Å². The molecular weight excluding hydrogens is 754 g/mol. The summed E-state index contributed by atoms with van der Waals surface area (Å²) in [7, 11) is -0.0643. The highest BCUT2D eigenvalue weighted by Crippen LogP contribution is 2.45. The third-order valence-corrected chi connectivity index (χ3v) is 10.4. The number of methoxy groups -OCH3 is 2. The minimum atomic E-state index is -3.22. The number of nitrogens with one attached hydrogen (secondary N) is 2. The van der Waals surface area contributed by atoms with E-state index in [4.69, 9.17) is 23.5 Å². The summed E-state index contributed by atoms with van der Waals surface area (Å²) in [5, 5.41) is 5.84. The maximum absolute atomic E-state index is 16.5. The van der Waals surface area contributed by atoms with Crippen molar-refractivity contribution in [1.29, 1.82) is 0 Å². The van der Waals surface area contributed by atoms with E-state index < -0.39 is 44.8 Å². The van der Waals surface area contributed by atoms with Gasteiger partial charge in [0.05, 0.1) is 33.4 Å². The van der Waals surface area contributed by atoms with Crippen molar-refractivity contribution in [3.63, 3.8) is 0 Å². The molecule has 0 saturated carbocycles. The predicted octanol–water partition coefficient (Wildman–Crippen LogP) is 6.43. The Hall–Kier alpha value is -4.76. The van der Waals surface area contributed by atoms with Crippen LogP contribution in [0.3, 0.4) is 0 Å². The number of nitrogens with zero attached hydrogens (tertiary/aromatic N) is 4. The van der Waals surface area contributed by atoms with Crippen LogP contribution in [0.4, 0.5) is 10.2 Å². The average molecular weight is 808 g/mol. The number of rotatable bonds is 16. The number of ether oxygens (including phenoxy) is 4. The number of aliphatic imine (C=N–C) groups is 1. The lowest BCUT2D eigenvalue weighted by Crippen LogP contribution is -2.43. The number of fused-ring (bicyclic) bond motifs is 1. The standard InChI is InChI=1S/C35H37FN5O8P.C6H15N/c1-21(2)32(42)40-34-37-18-27-31(39-34)41(20-38-27)33-30(49-50(43)44)29(36)28(48-33)19-47-35(22-8-6-5-7-9-22,23-10-14-25(45-3)15-11-23)24-12-16-26(46-4)17-13-24;1-4-7(5-2)6-3/h5-18,20-21,28-30,33-34H,19H2,1-4H3,(H2-,37,39,40,42,43,44);4-6H2,1-3H3/p+1/t28-,29-,30-,33-,34?;/m1./s1. The van der Waals surface area contributed by atoms with E-state index in [1.54, 1.807) is 28.1 Å². The van der Waals surface area contributed by atoms with Crippen molar-refractivity contribution in [3.8, 4) is 11.5 Å². The van der Waals surface area contributed by atoms with E-state index in [-0.39, 0.29) is 18.4 Å². The molecule has 6 atom stereocenters. The lowest BCUT2D eigenvalue weighted by molar-refractivity contribution is -0.124. The Morgan fingerprint density at radius 2 is 1.53 bits per heavy atom. The molecule has 306 valence electrons. The number of alkyl halides is 1. The summed E-state index contributed by atoms with van der Waals surface area (Å²) in [4.78, 5) is 33.1. The molecule has 0 bridgehead atoms. The first kappa shape index (κ1) is 43.4. The third-order valence-electron chi connectivity index (χ3n) is 9.97. The Balaban J connectivity index is 0.000000811. The molecular formula is C41H53FN6O8P+. The van der Waals surface area contributed by atoms with Crippen LogP contribution in [0.2, 0.25) is 0 Å². The van der Waals surface area contributed by atoms with Crippen LogP contribution in [0.1, 0.15) is 63.2 Å². The Morgan fingerprint density at radius 1 is 0.965 bits per heavy atom. The van der Waals surface area contributed by atoms with Gasteiger partial charge in [0.1, 0.15) is 34.7 Å². The first-order valence-corrected chi connectivity index (χ1v) is 20.1. The summed E-state index contributed by atoms with van der Waals surface area (Å²) in [6, 6.07) is 24.3. The van der Waals surface area contributed by atoms with E-state index in [0.29, 0.717) is 23.0 Å². The molecule has 2 unspecified atom stereocenters. The second kappa shape index (κ2) is 20.1. The third kappa shape index (κ3) is 10.0. The summed E-state index contributed by atoms with van der Waals surface area (Å²) < 4.78 is 59.1. The molecule has 3 heterocycles. The zero-order valence-corrected chi connectivity index (χ0v) is 34.3. The van der Waals surface area contributed by atoms with E-state index in [1.807, 2.05) is 78.9 Å². The minimum absolute atomic E-state index is 0.235. The zero-order valence-electron chi connectivity index (χ0n) is 33.4. The summed E-state index contributed by atoms with van der Waals surface area (Å²) in [5.74, 6) is 1.11. The van der Waals surface area contributed by atoms with Gasteiger partial charge in [-0.15, -0.1) is 9.42 Å². The van der Waals surface area contributed by atoms with Crippen LogP contribution in [-0.2, 0) is 29.0 Å². The molecule has 1 fully saturated rings. The van der Waals surface area contributed by atoms with Gasteiger partial charge in [-0.05, 0) is 60.6 Å². The molecule has 16 heteroatoms. The summed E-state index contributed by atoms with van der Waals surface area (Å²) in [6.07, 6.45) is -3.90. The lowest BCUT2D eigenvalue weighted by atomic mass is 9.80. The second-order valence-corrected chi connectivity index (χ2v) is 14.3. The van der Waals surface area contributed by atoms with Crippen molar-refractivity contribution in [1.82, 2.24) is 19.8 Å². The molecule has 2 aliphatic heterocycles. The maximum atomic E-state index is 16.5. The molecule has 14 nitrogen and oxygen atoms in total. The molecule has 3 N–H and O–H groups in total. The van der Waals surface area contributed by atoms with Crippen molar-refractivity contribution < 1.29 is 42.1 Å². The van der Waals surface area contributed by atoms with Gasteiger partial charge in [-0.3, -0.25) is 9.36 Å². The smallest absolute Gasteiger partial charge is 0.497 e. The summed E-state index contributed by atoms with van der Waals surface area (Å²) >= 11 is 0.